The van der Waals surface area contributed by atoms with Gasteiger partial charge in [0.15, 0.2) is 0 Å². The first-order valence-electron chi connectivity index (χ1n) is 7.08. The summed E-state index contributed by atoms with van der Waals surface area (Å²) in [7, 11) is 0. The number of ether oxygens (including phenoxy) is 2. The van der Waals surface area contributed by atoms with Gasteiger partial charge < -0.3 is 14.4 Å². The summed E-state index contributed by atoms with van der Waals surface area (Å²) in [6.07, 6.45) is -0.689. The Morgan fingerprint density at radius 2 is 2.00 bits per heavy atom. The molecular weight excluding hydrogens is 355 g/mol. The van der Waals surface area contributed by atoms with E-state index in [0.29, 0.717) is 30.8 Å². The largest absolute Gasteiger partial charge is 0.444 e. The fraction of sp³-hybridized carbons (Fsp3) is 0.533. The molecule has 0 unspecified atom stereocenters. The van der Waals surface area contributed by atoms with Crippen LogP contribution in [0.4, 0.5) is 20.6 Å². The standard InChI is InChI=1S/C15H20BrFN2O3/c1-15(2,3)22-14(20)18-13-11(16)8-10(9-12(13)17)19-4-6-21-7-5-19/h8-9H,4-7H2,1-3H3,(H,18,20). The zero-order valence-electron chi connectivity index (χ0n) is 12.9. The predicted octanol–water partition coefficient (Wildman–Crippen LogP) is 3.77. The molecule has 1 saturated heterocycles. The van der Waals surface area contributed by atoms with Gasteiger partial charge in [0, 0.05) is 23.2 Å². The zero-order chi connectivity index (χ0) is 16.3. The lowest BCUT2D eigenvalue weighted by atomic mass is 10.2. The molecule has 0 bridgehead atoms. The molecule has 0 radical (unpaired) electrons. The number of hydrogen-bond donors (Lipinski definition) is 1. The van der Waals surface area contributed by atoms with Crippen molar-refractivity contribution in [1.82, 2.24) is 0 Å². The molecule has 1 aliphatic heterocycles. The van der Waals surface area contributed by atoms with Crippen LogP contribution in [-0.2, 0) is 9.47 Å². The molecule has 1 amide bonds. The van der Waals surface area contributed by atoms with Gasteiger partial charge in [0.05, 0.1) is 18.9 Å². The molecule has 0 aliphatic carbocycles. The molecule has 5 nitrogen and oxygen atoms in total. The number of nitrogens with zero attached hydrogens (tertiary/aromatic N) is 1. The van der Waals surface area contributed by atoms with Crippen LogP contribution in [0.1, 0.15) is 20.8 Å². The Bertz CT molecular complexity index is 531. The predicted molar refractivity (Wildman–Crippen MR) is 87.0 cm³/mol. The Morgan fingerprint density at radius 1 is 1.36 bits per heavy atom. The van der Waals surface area contributed by atoms with E-state index in [0.717, 1.165) is 5.69 Å². The number of carbonyl (C=O) groups is 1. The van der Waals surface area contributed by atoms with Gasteiger partial charge in [-0.1, -0.05) is 0 Å². The van der Waals surface area contributed by atoms with Crippen LogP contribution < -0.4 is 10.2 Å². The Hall–Kier alpha value is -1.34. The average Bonchev–Trinajstić information content (AvgIpc) is 2.41. The topological polar surface area (TPSA) is 50.8 Å². The third-order valence-electron chi connectivity index (χ3n) is 3.03. The maximum atomic E-state index is 14.3. The second kappa shape index (κ2) is 6.83. The van der Waals surface area contributed by atoms with Crippen molar-refractivity contribution in [3.63, 3.8) is 0 Å². The van der Waals surface area contributed by atoms with Crippen molar-refractivity contribution < 1.29 is 18.7 Å². The first kappa shape index (κ1) is 17.0. The van der Waals surface area contributed by atoms with Crippen LogP contribution >= 0.6 is 15.9 Å². The van der Waals surface area contributed by atoms with Crippen LogP contribution in [0.3, 0.4) is 0 Å². The van der Waals surface area contributed by atoms with Crippen LogP contribution in [0, 0.1) is 5.82 Å². The van der Waals surface area contributed by atoms with Crippen LogP contribution in [0.2, 0.25) is 0 Å². The summed E-state index contributed by atoms with van der Waals surface area (Å²) in [5, 5.41) is 2.44. The number of rotatable bonds is 2. The van der Waals surface area contributed by atoms with E-state index >= 15 is 0 Å². The molecule has 122 valence electrons. The maximum Gasteiger partial charge on any atom is 0.412 e. The Morgan fingerprint density at radius 3 is 2.55 bits per heavy atom. The fourth-order valence-electron chi connectivity index (χ4n) is 2.09. The second-order valence-electron chi connectivity index (χ2n) is 6.01. The van der Waals surface area contributed by atoms with Crippen molar-refractivity contribution in [1.29, 1.82) is 0 Å². The Balaban J connectivity index is 2.14. The van der Waals surface area contributed by atoms with Gasteiger partial charge >= 0.3 is 6.09 Å². The van der Waals surface area contributed by atoms with Crippen molar-refractivity contribution >= 4 is 33.4 Å². The first-order valence-corrected chi connectivity index (χ1v) is 7.87. The lowest BCUT2D eigenvalue weighted by molar-refractivity contribution is 0.0635. The number of hydrogen-bond acceptors (Lipinski definition) is 4. The zero-order valence-corrected chi connectivity index (χ0v) is 14.5. The van der Waals surface area contributed by atoms with Gasteiger partial charge in [0.25, 0.3) is 0 Å². The van der Waals surface area contributed by atoms with E-state index in [4.69, 9.17) is 9.47 Å². The summed E-state index contributed by atoms with van der Waals surface area (Å²) in [6, 6.07) is 3.18. The van der Waals surface area contributed by atoms with Crippen LogP contribution in [-0.4, -0.2) is 38.0 Å². The van der Waals surface area contributed by atoms with Crippen molar-refractivity contribution in [2.24, 2.45) is 0 Å². The van der Waals surface area contributed by atoms with E-state index < -0.39 is 17.5 Å². The van der Waals surface area contributed by atoms with Gasteiger partial charge in [0.2, 0.25) is 0 Å². The fourth-order valence-corrected chi connectivity index (χ4v) is 2.61. The van der Waals surface area contributed by atoms with Gasteiger partial charge in [-0.3, -0.25) is 5.32 Å². The van der Waals surface area contributed by atoms with Gasteiger partial charge in [-0.25, -0.2) is 9.18 Å². The van der Waals surface area contributed by atoms with Crippen molar-refractivity contribution in [3.05, 3.63) is 22.4 Å². The van der Waals surface area contributed by atoms with E-state index in [2.05, 4.69) is 21.2 Å². The number of amides is 1. The quantitative estimate of drug-likeness (QED) is 0.855. The molecule has 1 heterocycles. The normalized spacial score (nSPS) is 15.6. The molecule has 1 fully saturated rings. The molecule has 0 spiro atoms. The summed E-state index contributed by atoms with van der Waals surface area (Å²) in [6.45, 7) is 7.92. The molecule has 1 N–H and O–H groups in total. The monoisotopic (exact) mass is 374 g/mol. The van der Waals surface area contributed by atoms with Crippen molar-refractivity contribution in [2.75, 3.05) is 36.5 Å². The summed E-state index contributed by atoms with van der Waals surface area (Å²) in [5.74, 6) is -0.512. The molecule has 0 aromatic heterocycles. The molecule has 0 saturated carbocycles. The van der Waals surface area contributed by atoms with Crippen molar-refractivity contribution in [3.8, 4) is 0 Å². The lowest BCUT2D eigenvalue weighted by Crippen LogP contribution is -2.36. The summed E-state index contributed by atoms with van der Waals surface area (Å²) in [4.78, 5) is 13.8. The van der Waals surface area contributed by atoms with Gasteiger partial charge in [-0.2, -0.15) is 0 Å². The minimum Gasteiger partial charge on any atom is -0.444 e. The van der Waals surface area contributed by atoms with Crippen LogP contribution in [0.15, 0.2) is 16.6 Å². The highest BCUT2D eigenvalue weighted by atomic mass is 79.9. The molecule has 1 aromatic rings. The summed E-state index contributed by atoms with van der Waals surface area (Å²) < 4.78 is 25.2. The van der Waals surface area contributed by atoms with E-state index in [-0.39, 0.29) is 5.69 Å². The molecule has 1 aliphatic rings. The molecular formula is C15H20BrFN2O3. The highest BCUT2D eigenvalue weighted by molar-refractivity contribution is 9.10. The molecule has 2 rings (SSSR count). The van der Waals surface area contributed by atoms with Gasteiger partial charge in [-0.15, -0.1) is 0 Å². The van der Waals surface area contributed by atoms with E-state index in [1.165, 1.54) is 6.07 Å². The molecule has 22 heavy (non-hydrogen) atoms. The first-order chi connectivity index (χ1) is 10.3. The van der Waals surface area contributed by atoms with Crippen LogP contribution in [0.25, 0.3) is 0 Å². The summed E-state index contributed by atoms with van der Waals surface area (Å²) in [5.41, 5.74) is 0.189. The van der Waals surface area contributed by atoms with E-state index in [9.17, 15) is 9.18 Å². The second-order valence-corrected chi connectivity index (χ2v) is 6.87. The number of anilines is 2. The van der Waals surface area contributed by atoms with E-state index in [1.807, 2.05) is 4.90 Å². The highest BCUT2D eigenvalue weighted by Gasteiger charge is 2.20. The smallest absolute Gasteiger partial charge is 0.412 e. The average molecular weight is 375 g/mol. The number of carbonyl (C=O) groups excluding carboxylic acids is 1. The van der Waals surface area contributed by atoms with Crippen LogP contribution in [0.5, 0.6) is 0 Å². The molecule has 0 atom stereocenters. The van der Waals surface area contributed by atoms with Crippen molar-refractivity contribution in [2.45, 2.75) is 26.4 Å². The molecule has 1 aromatic carbocycles. The third kappa shape index (κ3) is 4.58. The molecule has 7 heteroatoms. The highest BCUT2D eigenvalue weighted by Crippen LogP contribution is 2.32. The third-order valence-corrected chi connectivity index (χ3v) is 3.65. The Kier molecular flexibility index (Phi) is 5.28. The maximum absolute atomic E-state index is 14.3. The minimum atomic E-state index is -0.689. The number of benzene rings is 1. The number of halogens is 2. The number of morpholine rings is 1. The minimum absolute atomic E-state index is 0.0752. The lowest BCUT2D eigenvalue weighted by Gasteiger charge is -2.29. The SMILES string of the molecule is CC(C)(C)OC(=O)Nc1c(F)cc(N2CCOCC2)cc1Br. The number of nitrogens with one attached hydrogen (secondary N) is 1. The van der Waals surface area contributed by atoms with Gasteiger partial charge in [0.1, 0.15) is 11.4 Å². The Labute approximate surface area is 137 Å². The summed E-state index contributed by atoms with van der Waals surface area (Å²) >= 11 is 3.30. The van der Waals surface area contributed by atoms with E-state index in [1.54, 1.807) is 26.8 Å². The van der Waals surface area contributed by atoms with Gasteiger partial charge in [-0.05, 0) is 48.8 Å².